The molecular weight excluding hydrogens is 508 g/mol. The van der Waals surface area contributed by atoms with Gasteiger partial charge in [0.2, 0.25) is 15.9 Å². The molecule has 2 aliphatic rings. The maximum atomic E-state index is 14.3. The number of sulfonamides is 1. The molecule has 36 heavy (non-hydrogen) atoms. The number of rotatable bonds is 6. The maximum absolute atomic E-state index is 14.3. The number of hydrogen-bond acceptors (Lipinski definition) is 6. The van der Waals surface area contributed by atoms with Crippen LogP contribution in [0.15, 0.2) is 41.3 Å². The number of nitrogens with zero attached hydrogens (tertiary/aromatic N) is 3. The number of hydrogen-bond donors (Lipinski definition) is 0. The first-order chi connectivity index (χ1) is 17.2. The van der Waals surface area contributed by atoms with Crippen molar-refractivity contribution in [2.24, 2.45) is 5.92 Å². The molecular formula is C25H27F2N3O4S2. The van der Waals surface area contributed by atoms with Crippen LogP contribution in [-0.4, -0.2) is 56.0 Å². The maximum Gasteiger partial charge on any atom is 0.243 e. The third-order valence-corrected chi connectivity index (χ3v) is 9.71. The monoisotopic (exact) mass is 535 g/mol. The SMILES string of the molecule is Cc1ccc(S(=O)(=O)N2CCC(C(=O)N(CC3CCCO3)c3nc4c(F)cc(F)cc4s3)CC2)cc1. The second-order valence-electron chi connectivity index (χ2n) is 9.31. The topological polar surface area (TPSA) is 79.8 Å². The highest BCUT2D eigenvalue weighted by molar-refractivity contribution is 7.89. The number of aromatic nitrogens is 1. The van der Waals surface area contributed by atoms with Gasteiger partial charge in [0.05, 0.1) is 22.2 Å². The molecule has 3 aromatic rings. The Morgan fingerprint density at radius 1 is 1.17 bits per heavy atom. The quantitative estimate of drug-likeness (QED) is 0.465. The Hall–Kier alpha value is -2.47. The Balaban J connectivity index is 1.35. The van der Waals surface area contributed by atoms with Crippen molar-refractivity contribution in [1.82, 2.24) is 9.29 Å². The molecule has 2 saturated heterocycles. The van der Waals surface area contributed by atoms with Crippen LogP contribution in [0.4, 0.5) is 13.9 Å². The van der Waals surface area contributed by atoms with Crippen molar-refractivity contribution in [3.05, 3.63) is 53.6 Å². The van der Waals surface area contributed by atoms with Crippen LogP contribution in [0.25, 0.3) is 10.2 Å². The summed E-state index contributed by atoms with van der Waals surface area (Å²) >= 11 is 1.06. The predicted molar refractivity (Wildman–Crippen MR) is 134 cm³/mol. The van der Waals surface area contributed by atoms with Gasteiger partial charge < -0.3 is 4.74 Å². The molecule has 7 nitrogen and oxygen atoms in total. The van der Waals surface area contributed by atoms with E-state index in [1.807, 2.05) is 6.92 Å². The summed E-state index contributed by atoms with van der Waals surface area (Å²) in [6.07, 6.45) is 2.25. The van der Waals surface area contributed by atoms with Gasteiger partial charge in [0.15, 0.2) is 10.9 Å². The number of aryl methyl sites for hydroxylation is 1. The molecule has 1 unspecified atom stereocenters. The molecule has 0 spiro atoms. The lowest BCUT2D eigenvalue weighted by Gasteiger charge is -2.33. The molecule has 0 aliphatic carbocycles. The minimum atomic E-state index is -3.64. The largest absolute Gasteiger partial charge is 0.376 e. The van der Waals surface area contributed by atoms with Crippen molar-refractivity contribution < 1.29 is 26.7 Å². The third-order valence-electron chi connectivity index (χ3n) is 6.77. The van der Waals surface area contributed by atoms with Gasteiger partial charge >= 0.3 is 0 Å². The van der Waals surface area contributed by atoms with Gasteiger partial charge in [-0.15, -0.1) is 0 Å². The fraction of sp³-hybridized carbons (Fsp3) is 0.440. The number of anilines is 1. The van der Waals surface area contributed by atoms with E-state index in [9.17, 15) is 22.0 Å². The van der Waals surface area contributed by atoms with E-state index in [1.165, 1.54) is 15.3 Å². The number of carbonyl (C=O) groups is 1. The summed E-state index contributed by atoms with van der Waals surface area (Å²) in [5, 5.41) is 0.296. The van der Waals surface area contributed by atoms with Crippen LogP contribution in [0, 0.1) is 24.5 Å². The van der Waals surface area contributed by atoms with E-state index in [-0.39, 0.29) is 42.1 Å². The van der Waals surface area contributed by atoms with Gasteiger partial charge in [0, 0.05) is 31.7 Å². The lowest BCUT2D eigenvalue weighted by Crippen LogP contribution is -2.46. The van der Waals surface area contributed by atoms with Crippen molar-refractivity contribution in [3.63, 3.8) is 0 Å². The van der Waals surface area contributed by atoms with Crippen molar-refractivity contribution in [2.45, 2.75) is 43.6 Å². The van der Waals surface area contributed by atoms with Crippen molar-refractivity contribution in [1.29, 1.82) is 0 Å². The van der Waals surface area contributed by atoms with Crippen LogP contribution >= 0.6 is 11.3 Å². The summed E-state index contributed by atoms with van der Waals surface area (Å²) in [5.74, 6) is -2.08. The molecule has 0 N–H and O–H groups in total. The number of thiazole rings is 1. The smallest absolute Gasteiger partial charge is 0.243 e. The highest BCUT2D eigenvalue weighted by Crippen LogP contribution is 2.34. The first kappa shape index (κ1) is 25.2. The molecule has 5 rings (SSSR count). The zero-order valence-corrected chi connectivity index (χ0v) is 21.5. The minimum Gasteiger partial charge on any atom is -0.376 e. The zero-order chi connectivity index (χ0) is 25.4. The number of fused-ring (bicyclic) bond motifs is 1. The molecule has 11 heteroatoms. The van der Waals surface area contributed by atoms with Crippen molar-refractivity contribution in [2.75, 3.05) is 31.1 Å². The molecule has 192 valence electrons. The van der Waals surface area contributed by atoms with E-state index in [4.69, 9.17) is 4.74 Å². The summed E-state index contributed by atoms with van der Waals surface area (Å²) in [6.45, 7) is 3.22. The standard InChI is InChI=1S/C25H27F2N3O4S2/c1-16-4-6-20(7-5-16)36(32,33)29-10-8-17(9-11-29)24(31)30(15-19-3-2-12-34-19)25-28-23-21(27)13-18(26)14-22(23)35-25/h4-7,13-14,17,19H,2-3,8-12,15H2,1H3. The fourth-order valence-electron chi connectivity index (χ4n) is 4.74. The minimum absolute atomic E-state index is 0.0283. The second kappa shape index (κ2) is 10.1. The van der Waals surface area contributed by atoms with E-state index in [1.54, 1.807) is 24.3 Å². The van der Waals surface area contributed by atoms with Crippen LogP contribution in [0.3, 0.4) is 0 Å². The molecule has 2 aromatic carbocycles. The first-order valence-corrected chi connectivity index (χ1v) is 14.2. The lowest BCUT2D eigenvalue weighted by molar-refractivity contribution is -0.123. The van der Waals surface area contributed by atoms with Crippen molar-refractivity contribution in [3.8, 4) is 0 Å². The van der Waals surface area contributed by atoms with Gasteiger partial charge in [-0.2, -0.15) is 4.31 Å². The van der Waals surface area contributed by atoms with Crippen molar-refractivity contribution >= 4 is 42.6 Å². The van der Waals surface area contributed by atoms with Crippen LogP contribution in [0.2, 0.25) is 0 Å². The average Bonchev–Trinajstić information content (AvgIpc) is 3.52. The molecule has 0 bridgehead atoms. The van der Waals surface area contributed by atoms with Gasteiger partial charge in [-0.3, -0.25) is 9.69 Å². The Kier molecular flexibility index (Phi) is 7.08. The van der Waals surface area contributed by atoms with Gasteiger partial charge in [-0.25, -0.2) is 22.2 Å². The van der Waals surface area contributed by atoms with Gasteiger partial charge in [-0.05, 0) is 50.8 Å². The first-order valence-electron chi connectivity index (χ1n) is 12.0. The molecule has 2 fully saturated rings. The van der Waals surface area contributed by atoms with E-state index < -0.39 is 27.6 Å². The van der Waals surface area contributed by atoms with Crippen LogP contribution < -0.4 is 4.90 Å². The highest BCUT2D eigenvalue weighted by Gasteiger charge is 2.36. The van der Waals surface area contributed by atoms with E-state index in [0.717, 1.165) is 35.8 Å². The van der Waals surface area contributed by atoms with Gasteiger partial charge in [0.1, 0.15) is 11.3 Å². The summed E-state index contributed by atoms with van der Waals surface area (Å²) in [6, 6.07) is 8.71. The van der Waals surface area contributed by atoms with Crippen LogP contribution in [0.5, 0.6) is 0 Å². The molecule has 3 heterocycles. The van der Waals surface area contributed by atoms with Gasteiger partial charge in [-0.1, -0.05) is 29.0 Å². The summed E-state index contributed by atoms with van der Waals surface area (Å²) in [5.41, 5.74) is 1.00. The molecule has 2 aliphatic heterocycles. The Labute approximate surface area is 212 Å². The van der Waals surface area contributed by atoms with E-state index >= 15 is 0 Å². The van der Waals surface area contributed by atoms with Gasteiger partial charge in [0.25, 0.3) is 0 Å². The van der Waals surface area contributed by atoms with Crippen LogP contribution in [0.1, 0.15) is 31.2 Å². The molecule has 0 radical (unpaired) electrons. The molecule has 0 saturated carbocycles. The Morgan fingerprint density at radius 3 is 2.56 bits per heavy atom. The Bertz CT molecular complexity index is 1360. The second-order valence-corrected chi connectivity index (χ2v) is 12.3. The lowest BCUT2D eigenvalue weighted by atomic mass is 9.96. The summed E-state index contributed by atoms with van der Waals surface area (Å²) < 4.78 is 61.7. The predicted octanol–water partition coefficient (Wildman–Crippen LogP) is 4.50. The fourth-order valence-corrected chi connectivity index (χ4v) is 7.23. The molecule has 1 aromatic heterocycles. The third kappa shape index (κ3) is 5.02. The average molecular weight is 536 g/mol. The van der Waals surface area contributed by atoms with E-state index in [0.29, 0.717) is 29.3 Å². The highest BCUT2D eigenvalue weighted by atomic mass is 32.2. The number of ether oxygens (including phenoxy) is 1. The number of benzene rings is 2. The van der Waals surface area contributed by atoms with Crippen LogP contribution in [-0.2, 0) is 19.6 Å². The normalized spacial score (nSPS) is 19.7. The molecule has 1 amide bonds. The number of halogens is 2. The summed E-state index contributed by atoms with van der Waals surface area (Å²) in [4.78, 5) is 19.8. The van der Waals surface area contributed by atoms with E-state index in [2.05, 4.69) is 4.98 Å². The number of piperidine rings is 1. The number of carbonyl (C=O) groups excluding carboxylic acids is 1. The molecule has 1 atom stereocenters. The number of amides is 1. The summed E-state index contributed by atoms with van der Waals surface area (Å²) in [7, 11) is -3.64. The zero-order valence-electron chi connectivity index (χ0n) is 19.8. The Morgan fingerprint density at radius 2 is 1.89 bits per heavy atom.